The van der Waals surface area contributed by atoms with Gasteiger partial charge in [0.05, 0.1) is 6.10 Å². The minimum atomic E-state index is 0.222. The van der Waals surface area contributed by atoms with Crippen molar-refractivity contribution in [3.63, 3.8) is 0 Å². The predicted octanol–water partition coefficient (Wildman–Crippen LogP) is 3.91. The van der Waals surface area contributed by atoms with Gasteiger partial charge in [-0.3, -0.25) is 0 Å². The third-order valence-corrected chi connectivity index (χ3v) is 3.75. The van der Waals surface area contributed by atoms with E-state index in [0.717, 1.165) is 10.9 Å². The van der Waals surface area contributed by atoms with Crippen LogP contribution in [0.4, 0.5) is 0 Å². The van der Waals surface area contributed by atoms with E-state index in [4.69, 9.17) is 4.74 Å². The van der Waals surface area contributed by atoms with Gasteiger partial charge in [0.2, 0.25) is 0 Å². The van der Waals surface area contributed by atoms with Gasteiger partial charge < -0.3 is 10.1 Å². The van der Waals surface area contributed by atoms with Gasteiger partial charge in [-0.15, -0.1) is 0 Å². The lowest BCUT2D eigenvalue weighted by atomic mass is 10.0. The van der Waals surface area contributed by atoms with E-state index < -0.39 is 0 Å². The number of ether oxygens (including phenoxy) is 1. The van der Waals surface area contributed by atoms with E-state index in [2.05, 4.69) is 66.3 Å². The van der Waals surface area contributed by atoms with Crippen LogP contribution >= 0.6 is 15.9 Å². The van der Waals surface area contributed by atoms with E-state index in [1.165, 1.54) is 5.56 Å². The van der Waals surface area contributed by atoms with E-state index in [1.807, 2.05) is 0 Å². The van der Waals surface area contributed by atoms with Gasteiger partial charge in [0.25, 0.3) is 0 Å². The highest BCUT2D eigenvalue weighted by Crippen LogP contribution is 2.20. The molecule has 1 N–H and O–H groups in total. The van der Waals surface area contributed by atoms with Gasteiger partial charge in [0.15, 0.2) is 0 Å². The molecule has 0 aliphatic heterocycles. The molecule has 0 fully saturated rings. The van der Waals surface area contributed by atoms with E-state index in [0.29, 0.717) is 12.1 Å². The van der Waals surface area contributed by atoms with Crippen molar-refractivity contribution in [1.82, 2.24) is 5.32 Å². The number of halogens is 1. The largest absolute Gasteiger partial charge is 0.380 e. The molecule has 0 saturated carbocycles. The molecule has 2 nitrogen and oxygen atoms in total. The highest BCUT2D eigenvalue weighted by molar-refractivity contribution is 9.10. The molecule has 0 radical (unpaired) electrons. The molecule has 0 aliphatic carbocycles. The molecule has 3 unspecified atom stereocenters. The van der Waals surface area contributed by atoms with Gasteiger partial charge in [-0.05, 0) is 38.0 Å². The number of hydrogen-bond acceptors (Lipinski definition) is 2. The average molecular weight is 300 g/mol. The Kier molecular flexibility index (Phi) is 6.17. The van der Waals surface area contributed by atoms with Crippen molar-refractivity contribution >= 4 is 15.9 Å². The van der Waals surface area contributed by atoms with Crippen LogP contribution in [0.5, 0.6) is 0 Å². The third-order valence-electron chi connectivity index (χ3n) is 3.22. The van der Waals surface area contributed by atoms with Crippen LogP contribution in [-0.4, -0.2) is 19.3 Å². The van der Waals surface area contributed by atoms with Crippen molar-refractivity contribution < 1.29 is 4.74 Å². The Morgan fingerprint density at radius 2 is 1.82 bits per heavy atom. The smallest absolute Gasteiger partial charge is 0.0693 e. The van der Waals surface area contributed by atoms with Crippen molar-refractivity contribution in [3.05, 3.63) is 34.3 Å². The molecule has 0 amide bonds. The minimum Gasteiger partial charge on any atom is -0.380 e. The number of nitrogens with one attached hydrogen (secondary N) is 1. The lowest BCUT2D eigenvalue weighted by molar-refractivity contribution is 0.0841. The topological polar surface area (TPSA) is 21.3 Å². The van der Waals surface area contributed by atoms with Crippen molar-refractivity contribution in [2.75, 3.05) is 7.11 Å². The highest BCUT2D eigenvalue weighted by Gasteiger charge is 2.16. The molecule has 3 atom stereocenters. The summed E-state index contributed by atoms with van der Waals surface area (Å²) < 4.78 is 6.46. The van der Waals surface area contributed by atoms with Crippen LogP contribution in [0.3, 0.4) is 0 Å². The number of benzene rings is 1. The van der Waals surface area contributed by atoms with Gasteiger partial charge in [0.1, 0.15) is 0 Å². The van der Waals surface area contributed by atoms with E-state index in [9.17, 15) is 0 Å². The molecule has 0 aliphatic rings. The molecule has 0 aromatic heterocycles. The Morgan fingerprint density at radius 1 is 1.24 bits per heavy atom. The molecule has 1 aromatic carbocycles. The summed E-state index contributed by atoms with van der Waals surface area (Å²) in [6.45, 7) is 6.45. The fourth-order valence-corrected chi connectivity index (χ4v) is 2.07. The van der Waals surface area contributed by atoms with Gasteiger partial charge >= 0.3 is 0 Å². The molecular formula is C14H22BrNO. The normalized spacial score (nSPS) is 16.5. The first-order valence-electron chi connectivity index (χ1n) is 6.12. The molecule has 0 saturated heterocycles. The minimum absolute atomic E-state index is 0.222. The maximum Gasteiger partial charge on any atom is 0.0693 e. The number of rotatable bonds is 6. The summed E-state index contributed by atoms with van der Waals surface area (Å²) in [7, 11) is 1.75. The van der Waals surface area contributed by atoms with Gasteiger partial charge in [-0.25, -0.2) is 0 Å². The second kappa shape index (κ2) is 7.14. The Hall–Kier alpha value is -0.380. The third kappa shape index (κ3) is 4.41. The summed E-state index contributed by atoms with van der Waals surface area (Å²) in [6.07, 6.45) is 1.29. The lowest BCUT2D eigenvalue weighted by Crippen LogP contribution is -2.38. The zero-order valence-corrected chi connectivity index (χ0v) is 12.6. The Bertz CT molecular complexity index is 325. The summed E-state index contributed by atoms with van der Waals surface area (Å²) in [6, 6.07) is 9.23. The van der Waals surface area contributed by atoms with Crippen LogP contribution in [0.15, 0.2) is 28.7 Å². The van der Waals surface area contributed by atoms with Crippen molar-refractivity contribution in [2.45, 2.75) is 45.4 Å². The Balaban J connectivity index is 2.68. The summed E-state index contributed by atoms with van der Waals surface area (Å²) in [5.74, 6) is 0. The summed E-state index contributed by atoms with van der Waals surface area (Å²) in [5.41, 5.74) is 1.32. The van der Waals surface area contributed by atoms with Crippen LogP contribution in [-0.2, 0) is 4.74 Å². The van der Waals surface area contributed by atoms with Crippen molar-refractivity contribution in [2.24, 2.45) is 0 Å². The number of methoxy groups -OCH3 is 1. The SMILES string of the molecule is CCC(NC(C)C(C)OC)c1ccc(Br)cc1. The van der Waals surface area contributed by atoms with E-state index >= 15 is 0 Å². The van der Waals surface area contributed by atoms with Gasteiger partial charge in [-0.1, -0.05) is 35.0 Å². The van der Waals surface area contributed by atoms with E-state index in [1.54, 1.807) is 7.11 Å². The molecule has 0 heterocycles. The summed E-state index contributed by atoms with van der Waals surface area (Å²) >= 11 is 3.46. The maximum absolute atomic E-state index is 5.34. The monoisotopic (exact) mass is 299 g/mol. The Labute approximate surface area is 113 Å². The van der Waals surface area contributed by atoms with Gasteiger partial charge in [0, 0.05) is 23.7 Å². The summed E-state index contributed by atoms with van der Waals surface area (Å²) in [5, 5.41) is 3.61. The first kappa shape index (κ1) is 14.7. The van der Waals surface area contributed by atoms with E-state index in [-0.39, 0.29) is 6.10 Å². The second-order valence-electron chi connectivity index (χ2n) is 4.41. The van der Waals surface area contributed by atoms with Crippen molar-refractivity contribution in [3.8, 4) is 0 Å². The fourth-order valence-electron chi connectivity index (χ4n) is 1.80. The van der Waals surface area contributed by atoms with Crippen LogP contribution < -0.4 is 5.32 Å². The number of hydrogen-bond donors (Lipinski definition) is 1. The molecule has 1 aromatic rings. The predicted molar refractivity (Wildman–Crippen MR) is 76.2 cm³/mol. The molecule has 17 heavy (non-hydrogen) atoms. The van der Waals surface area contributed by atoms with Crippen LogP contribution in [0.2, 0.25) is 0 Å². The lowest BCUT2D eigenvalue weighted by Gasteiger charge is -2.26. The second-order valence-corrected chi connectivity index (χ2v) is 5.32. The van der Waals surface area contributed by atoms with Crippen molar-refractivity contribution in [1.29, 1.82) is 0 Å². The quantitative estimate of drug-likeness (QED) is 0.860. The van der Waals surface area contributed by atoms with Crippen LogP contribution in [0.25, 0.3) is 0 Å². The first-order valence-corrected chi connectivity index (χ1v) is 6.92. The zero-order valence-electron chi connectivity index (χ0n) is 11.0. The molecule has 0 spiro atoms. The van der Waals surface area contributed by atoms with Gasteiger partial charge in [-0.2, -0.15) is 0 Å². The highest BCUT2D eigenvalue weighted by atomic mass is 79.9. The standard InChI is InChI=1S/C14H22BrNO/c1-5-14(16-10(2)11(3)17-4)12-6-8-13(15)9-7-12/h6-11,14,16H,5H2,1-4H3. The zero-order chi connectivity index (χ0) is 12.8. The molecule has 3 heteroatoms. The molecule has 96 valence electrons. The first-order chi connectivity index (χ1) is 8.08. The van der Waals surface area contributed by atoms with Crippen LogP contribution in [0.1, 0.15) is 38.8 Å². The summed E-state index contributed by atoms with van der Waals surface area (Å²) in [4.78, 5) is 0. The Morgan fingerprint density at radius 3 is 2.29 bits per heavy atom. The molecule has 1 rings (SSSR count). The fraction of sp³-hybridized carbons (Fsp3) is 0.571. The molecule has 0 bridgehead atoms. The van der Waals surface area contributed by atoms with Crippen LogP contribution in [0, 0.1) is 0 Å². The maximum atomic E-state index is 5.34. The average Bonchev–Trinajstić information content (AvgIpc) is 2.35. The molecular weight excluding hydrogens is 278 g/mol.